The van der Waals surface area contributed by atoms with E-state index in [-0.39, 0.29) is 11.3 Å². The molecule has 3 rings (SSSR count). The quantitative estimate of drug-likeness (QED) is 0.833. The Balaban J connectivity index is 1.59. The minimum Gasteiger partial charge on any atom is -0.336 e. The molecular weight excluding hydrogens is 381 g/mol. The van der Waals surface area contributed by atoms with Crippen molar-refractivity contribution in [3.05, 3.63) is 52.8 Å². The molecule has 0 bridgehead atoms. The van der Waals surface area contributed by atoms with Crippen LogP contribution in [-0.4, -0.2) is 52.1 Å². The van der Waals surface area contributed by atoms with Crippen LogP contribution in [-0.2, 0) is 18.1 Å². The van der Waals surface area contributed by atoms with Gasteiger partial charge in [-0.2, -0.15) is 18.3 Å². The number of alkyl halides is 3. The van der Waals surface area contributed by atoms with Crippen LogP contribution in [0, 0.1) is 0 Å². The van der Waals surface area contributed by atoms with Crippen LogP contribution in [0.2, 0.25) is 0 Å². The van der Waals surface area contributed by atoms with E-state index in [4.69, 9.17) is 0 Å². The van der Waals surface area contributed by atoms with E-state index in [0.717, 1.165) is 36.4 Å². The smallest absolute Gasteiger partial charge is 0.336 e. The number of aromatic nitrogens is 2. The van der Waals surface area contributed by atoms with E-state index in [1.165, 1.54) is 12.1 Å². The molecule has 29 heavy (non-hydrogen) atoms. The second-order valence-corrected chi connectivity index (χ2v) is 8.53. The van der Waals surface area contributed by atoms with Gasteiger partial charge in [-0.05, 0) is 30.2 Å². The molecule has 1 aliphatic heterocycles. The van der Waals surface area contributed by atoms with Crippen molar-refractivity contribution in [1.29, 1.82) is 0 Å². The Bertz CT molecular complexity index is 837. The molecule has 158 valence electrons. The largest absolute Gasteiger partial charge is 0.416 e. The molecule has 8 heteroatoms. The summed E-state index contributed by atoms with van der Waals surface area (Å²) in [5.74, 6) is -0.0897. The number of benzene rings is 1. The predicted molar refractivity (Wildman–Crippen MR) is 105 cm³/mol. The molecule has 1 aromatic heterocycles. The zero-order valence-corrected chi connectivity index (χ0v) is 17.0. The second-order valence-electron chi connectivity index (χ2n) is 8.53. The summed E-state index contributed by atoms with van der Waals surface area (Å²) < 4.78 is 38.1. The third-order valence-corrected chi connectivity index (χ3v) is 5.17. The number of amides is 1. The summed E-state index contributed by atoms with van der Waals surface area (Å²) in [5, 5.41) is 7.13. The molecule has 0 radical (unpaired) electrons. The first kappa shape index (κ1) is 21.4. The number of nitrogens with one attached hydrogen (secondary N) is 1. The molecule has 1 fully saturated rings. The first-order chi connectivity index (χ1) is 13.5. The summed E-state index contributed by atoms with van der Waals surface area (Å²) in [7, 11) is 0. The van der Waals surface area contributed by atoms with Crippen LogP contribution in [0.1, 0.15) is 54.5 Å². The summed E-state index contributed by atoms with van der Waals surface area (Å²) in [6.45, 7) is 9.40. The van der Waals surface area contributed by atoms with Gasteiger partial charge in [0.2, 0.25) is 0 Å². The maximum atomic E-state index is 12.8. The average Bonchev–Trinajstić information content (AvgIpc) is 3.03. The van der Waals surface area contributed by atoms with Gasteiger partial charge in [0, 0.05) is 43.8 Å². The molecule has 5 nitrogen and oxygen atoms in total. The Morgan fingerprint density at radius 1 is 1.07 bits per heavy atom. The van der Waals surface area contributed by atoms with Crippen molar-refractivity contribution in [2.45, 2.75) is 45.3 Å². The molecule has 1 N–H and O–H groups in total. The Hall–Kier alpha value is -2.35. The fourth-order valence-corrected chi connectivity index (χ4v) is 3.37. The molecule has 0 saturated carbocycles. The first-order valence-corrected chi connectivity index (χ1v) is 9.78. The summed E-state index contributed by atoms with van der Waals surface area (Å²) in [4.78, 5) is 16.8. The van der Waals surface area contributed by atoms with E-state index in [2.05, 4.69) is 35.9 Å². The van der Waals surface area contributed by atoms with Gasteiger partial charge in [0.05, 0.1) is 5.56 Å². The number of H-pyrrole nitrogens is 1. The van der Waals surface area contributed by atoms with Crippen molar-refractivity contribution in [3.8, 4) is 0 Å². The van der Waals surface area contributed by atoms with E-state index in [9.17, 15) is 18.0 Å². The Labute approximate surface area is 168 Å². The summed E-state index contributed by atoms with van der Waals surface area (Å²) >= 11 is 0. The van der Waals surface area contributed by atoms with Crippen molar-refractivity contribution >= 4 is 5.91 Å². The fourth-order valence-electron chi connectivity index (χ4n) is 3.37. The van der Waals surface area contributed by atoms with E-state index in [1.54, 1.807) is 4.90 Å². The van der Waals surface area contributed by atoms with Gasteiger partial charge >= 0.3 is 6.18 Å². The van der Waals surface area contributed by atoms with Crippen LogP contribution in [0.15, 0.2) is 30.3 Å². The van der Waals surface area contributed by atoms with Crippen LogP contribution in [0.4, 0.5) is 13.2 Å². The van der Waals surface area contributed by atoms with Crippen LogP contribution in [0.3, 0.4) is 0 Å². The van der Waals surface area contributed by atoms with Crippen LogP contribution >= 0.6 is 0 Å². The number of hydrogen-bond acceptors (Lipinski definition) is 3. The molecule has 0 unspecified atom stereocenters. The second kappa shape index (κ2) is 8.18. The van der Waals surface area contributed by atoms with Crippen LogP contribution in [0.5, 0.6) is 0 Å². The lowest BCUT2D eigenvalue weighted by Crippen LogP contribution is -2.35. The van der Waals surface area contributed by atoms with E-state index in [1.807, 2.05) is 6.07 Å². The highest BCUT2D eigenvalue weighted by atomic mass is 19.4. The van der Waals surface area contributed by atoms with Gasteiger partial charge in [-0.25, -0.2) is 0 Å². The number of halogens is 3. The van der Waals surface area contributed by atoms with Crippen molar-refractivity contribution in [3.63, 3.8) is 0 Å². The van der Waals surface area contributed by atoms with Gasteiger partial charge in [0.15, 0.2) is 0 Å². The monoisotopic (exact) mass is 408 g/mol. The fraction of sp³-hybridized carbons (Fsp3) is 0.524. The Kier molecular flexibility index (Phi) is 6.03. The number of nitrogens with zero attached hydrogens (tertiary/aromatic N) is 3. The number of carbonyl (C=O) groups is 1. The molecule has 1 aromatic carbocycles. The van der Waals surface area contributed by atoms with Gasteiger partial charge < -0.3 is 4.90 Å². The zero-order valence-electron chi connectivity index (χ0n) is 17.0. The molecule has 0 aliphatic carbocycles. The molecule has 1 amide bonds. The van der Waals surface area contributed by atoms with Crippen LogP contribution in [0.25, 0.3) is 0 Å². The zero-order chi connectivity index (χ0) is 21.2. The standard InChI is InChI=1S/C21H27F3N4O/c1-20(2,3)18-13-17(25-26-18)19(29)28-10-4-9-27(11-12-28)14-15-5-7-16(8-6-15)21(22,23)24/h5-8,13H,4,9-12,14H2,1-3H3,(H,25,26). The minimum atomic E-state index is -4.32. The SMILES string of the molecule is CC(C)(C)c1cc(C(=O)N2CCCN(Cc3ccc(C(F)(F)F)cc3)CC2)n[nH]1. The molecule has 2 heterocycles. The lowest BCUT2D eigenvalue weighted by atomic mass is 9.92. The predicted octanol–water partition coefficient (Wildman–Crippen LogP) is 4.07. The molecule has 0 spiro atoms. The first-order valence-electron chi connectivity index (χ1n) is 9.78. The number of carbonyl (C=O) groups excluding carboxylic acids is 1. The Morgan fingerprint density at radius 3 is 2.34 bits per heavy atom. The topological polar surface area (TPSA) is 52.2 Å². The normalized spacial score (nSPS) is 16.7. The summed E-state index contributed by atoms with van der Waals surface area (Å²) in [6.07, 6.45) is -3.51. The highest BCUT2D eigenvalue weighted by molar-refractivity contribution is 5.92. The van der Waals surface area contributed by atoms with Gasteiger partial charge in [-0.1, -0.05) is 32.9 Å². The molecule has 1 saturated heterocycles. The Morgan fingerprint density at radius 2 is 1.76 bits per heavy atom. The van der Waals surface area contributed by atoms with Crippen molar-refractivity contribution < 1.29 is 18.0 Å². The average molecular weight is 408 g/mol. The molecule has 1 aliphatic rings. The number of aromatic amines is 1. The van der Waals surface area contributed by atoms with E-state index < -0.39 is 11.7 Å². The van der Waals surface area contributed by atoms with Crippen molar-refractivity contribution in [2.24, 2.45) is 0 Å². The number of rotatable bonds is 3. The van der Waals surface area contributed by atoms with Crippen molar-refractivity contribution in [2.75, 3.05) is 26.2 Å². The third kappa shape index (κ3) is 5.38. The van der Waals surface area contributed by atoms with Gasteiger partial charge in [-0.15, -0.1) is 0 Å². The van der Waals surface area contributed by atoms with Gasteiger partial charge in [0.25, 0.3) is 5.91 Å². The van der Waals surface area contributed by atoms with E-state index >= 15 is 0 Å². The summed E-state index contributed by atoms with van der Waals surface area (Å²) in [6, 6.07) is 7.09. The highest BCUT2D eigenvalue weighted by Crippen LogP contribution is 2.29. The lowest BCUT2D eigenvalue weighted by molar-refractivity contribution is -0.137. The highest BCUT2D eigenvalue weighted by Gasteiger charge is 2.30. The third-order valence-electron chi connectivity index (χ3n) is 5.17. The van der Waals surface area contributed by atoms with E-state index in [0.29, 0.717) is 31.9 Å². The number of hydrogen-bond donors (Lipinski definition) is 1. The molecular formula is C21H27F3N4O. The van der Waals surface area contributed by atoms with Gasteiger partial charge in [0.1, 0.15) is 5.69 Å². The molecule has 0 atom stereocenters. The van der Waals surface area contributed by atoms with Crippen molar-refractivity contribution in [1.82, 2.24) is 20.0 Å². The van der Waals surface area contributed by atoms with Crippen LogP contribution < -0.4 is 0 Å². The minimum absolute atomic E-state index is 0.0897. The summed E-state index contributed by atoms with van der Waals surface area (Å²) in [5.41, 5.74) is 1.43. The maximum absolute atomic E-state index is 12.8. The van der Waals surface area contributed by atoms with Gasteiger partial charge in [-0.3, -0.25) is 14.8 Å². The lowest BCUT2D eigenvalue weighted by Gasteiger charge is -2.21. The maximum Gasteiger partial charge on any atom is 0.416 e. The molecule has 2 aromatic rings.